The second-order valence-electron chi connectivity index (χ2n) is 3.64. The summed E-state index contributed by atoms with van der Waals surface area (Å²) < 4.78 is 42.4. The first-order chi connectivity index (χ1) is 8.47. The Bertz CT molecular complexity index is 523. The van der Waals surface area contributed by atoms with E-state index in [2.05, 4.69) is 15.0 Å². The number of nitrogens with zero attached hydrogens (tertiary/aromatic N) is 1. The topological polar surface area (TPSA) is 64.1 Å². The summed E-state index contributed by atoms with van der Waals surface area (Å²) in [6.45, 7) is 0.276. The fourth-order valence-electron chi connectivity index (χ4n) is 1.43. The van der Waals surface area contributed by atoms with Crippen LogP contribution in [-0.2, 0) is 12.7 Å². The highest BCUT2D eigenvalue weighted by molar-refractivity contribution is 5.58. The number of benzene rings is 1. The van der Waals surface area contributed by atoms with Crippen LogP contribution in [0.3, 0.4) is 0 Å². The molecule has 0 bridgehead atoms. The van der Waals surface area contributed by atoms with Gasteiger partial charge in [0.2, 0.25) is 0 Å². The number of nitrogens with two attached hydrogens (primary N) is 1. The lowest BCUT2D eigenvalue weighted by molar-refractivity contribution is -0.136. The van der Waals surface area contributed by atoms with E-state index in [0.29, 0.717) is 11.4 Å². The molecule has 2 aromatic rings. The highest BCUT2D eigenvalue weighted by atomic mass is 19.4. The van der Waals surface area contributed by atoms with Crippen LogP contribution in [-0.4, -0.2) is 5.16 Å². The number of aromatic nitrogens is 1. The average Bonchev–Trinajstić information content (AvgIpc) is 2.79. The van der Waals surface area contributed by atoms with E-state index >= 15 is 0 Å². The van der Waals surface area contributed by atoms with Gasteiger partial charge in [0.25, 0.3) is 0 Å². The van der Waals surface area contributed by atoms with Crippen molar-refractivity contribution in [3.63, 3.8) is 0 Å². The van der Waals surface area contributed by atoms with E-state index in [0.717, 1.165) is 6.07 Å². The summed E-state index contributed by atoms with van der Waals surface area (Å²) in [6.07, 6.45) is -3.07. The van der Waals surface area contributed by atoms with E-state index in [4.69, 9.17) is 5.73 Å². The highest BCUT2D eigenvalue weighted by Crippen LogP contribution is 2.35. The molecule has 0 aliphatic carbocycles. The van der Waals surface area contributed by atoms with Gasteiger partial charge in [-0.05, 0) is 18.2 Å². The maximum absolute atomic E-state index is 12.6. The van der Waals surface area contributed by atoms with Crippen LogP contribution in [0.15, 0.2) is 35.1 Å². The fourth-order valence-corrected chi connectivity index (χ4v) is 1.43. The van der Waals surface area contributed by atoms with Gasteiger partial charge in [-0.3, -0.25) is 0 Å². The van der Waals surface area contributed by atoms with Crippen LogP contribution in [0.5, 0.6) is 0 Å². The normalized spacial score (nSPS) is 11.5. The van der Waals surface area contributed by atoms with Crippen LogP contribution in [0.1, 0.15) is 11.3 Å². The number of nitrogens with one attached hydrogen (secondary N) is 1. The van der Waals surface area contributed by atoms with Gasteiger partial charge in [-0.2, -0.15) is 13.2 Å². The molecule has 0 amide bonds. The van der Waals surface area contributed by atoms with Crippen LogP contribution in [0.25, 0.3) is 0 Å². The van der Waals surface area contributed by atoms with Gasteiger partial charge >= 0.3 is 6.18 Å². The monoisotopic (exact) mass is 257 g/mol. The van der Waals surface area contributed by atoms with Gasteiger partial charge in [-0.15, -0.1) is 0 Å². The Labute approximate surface area is 101 Å². The largest absolute Gasteiger partial charge is 0.418 e. The molecule has 1 aromatic carbocycles. The zero-order chi connectivity index (χ0) is 13.2. The molecule has 0 aliphatic rings. The molecule has 1 aromatic heterocycles. The Kier molecular flexibility index (Phi) is 3.14. The highest BCUT2D eigenvalue weighted by Gasteiger charge is 2.33. The van der Waals surface area contributed by atoms with Crippen molar-refractivity contribution >= 4 is 11.4 Å². The molecule has 3 N–H and O–H groups in total. The lowest BCUT2D eigenvalue weighted by Gasteiger charge is -2.12. The maximum atomic E-state index is 12.6. The molecular weight excluding hydrogens is 247 g/mol. The van der Waals surface area contributed by atoms with Crippen molar-refractivity contribution in [2.75, 3.05) is 11.1 Å². The number of rotatable bonds is 3. The molecule has 96 valence electrons. The fraction of sp³-hybridized carbons (Fsp3) is 0.182. The molecule has 4 nitrogen and oxygen atoms in total. The lowest BCUT2D eigenvalue weighted by atomic mass is 10.1. The molecule has 0 fully saturated rings. The number of hydrogen-bond donors (Lipinski definition) is 2. The third-order valence-corrected chi connectivity index (χ3v) is 2.32. The minimum Gasteiger partial charge on any atom is -0.398 e. The maximum Gasteiger partial charge on any atom is 0.418 e. The van der Waals surface area contributed by atoms with Crippen LogP contribution in [0.2, 0.25) is 0 Å². The molecule has 0 radical (unpaired) electrons. The summed E-state index contributed by atoms with van der Waals surface area (Å²) in [5.41, 5.74) is 5.06. The second-order valence-corrected chi connectivity index (χ2v) is 3.64. The van der Waals surface area contributed by atoms with E-state index in [1.807, 2.05) is 0 Å². The van der Waals surface area contributed by atoms with Gasteiger partial charge in [-0.25, -0.2) is 0 Å². The molecule has 0 saturated carbocycles. The van der Waals surface area contributed by atoms with Crippen LogP contribution in [0, 0.1) is 0 Å². The zero-order valence-corrected chi connectivity index (χ0v) is 9.16. The summed E-state index contributed by atoms with van der Waals surface area (Å²) in [7, 11) is 0. The molecule has 2 rings (SSSR count). The quantitative estimate of drug-likeness (QED) is 0.830. The minimum atomic E-state index is -4.46. The van der Waals surface area contributed by atoms with Crippen molar-refractivity contribution in [2.24, 2.45) is 0 Å². The van der Waals surface area contributed by atoms with E-state index in [9.17, 15) is 13.2 Å². The van der Waals surface area contributed by atoms with Crippen LogP contribution < -0.4 is 11.1 Å². The Hall–Kier alpha value is -2.18. The van der Waals surface area contributed by atoms with Gasteiger partial charge in [-0.1, -0.05) is 5.16 Å². The molecule has 0 aliphatic heterocycles. The molecule has 0 spiro atoms. The van der Waals surface area contributed by atoms with Crippen molar-refractivity contribution < 1.29 is 17.7 Å². The van der Waals surface area contributed by atoms with E-state index in [1.165, 1.54) is 18.4 Å². The third kappa shape index (κ3) is 2.73. The Morgan fingerprint density at radius 2 is 2.06 bits per heavy atom. The molecule has 0 unspecified atom stereocenters. The predicted octanol–water partition coefficient (Wildman–Crippen LogP) is 2.89. The second kappa shape index (κ2) is 4.59. The van der Waals surface area contributed by atoms with Crippen molar-refractivity contribution in [3.8, 4) is 0 Å². The number of halogens is 3. The summed E-state index contributed by atoms with van der Waals surface area (Å²) in [5, 5.41) is 6.44. The number of alkyl halides is 3. The van der Waals surface area contributed by atoms with Crippen molar-refractivity contribution in [1.82, 2.24) is 5.16 Å². The number of hydrogen-bond acceptors (Lipinski definition) is 4. The first-order valence-corrected chi connectivity index (χ1v) is 5.06. The molecule has 7 heteroatoms. The van der Waals surface area contributed by atoms with Gasteiger partial charge in [0.1, 0.15) is 12.0 Å². The van der Waals surface area contributed by atoms with E-state index in [-0.39, 0.29) is 12.2 Å². The van der Waals surface area contributed by atoms with E-state index in [1.54, 1.807) is 6.07 Å². The van der Waals surface area contributed by atoms with Crippen LogP contribution in [0.4, 0.5) is 24.5 Å². The first-order valence-electron chi connectivity index (χ1n) is 5.06. The van der Waals surface area contributed by atoms with Gasteiger partial charge < -0.3 is 15.6 Å². The number of anilines is 2. The van der Waals surface area contributed by atoms with Crippen molar-refractivity contribution in [2.45, 2.75) is 12.7 Å². The van der Waals surface area contributed by atoms with Gasteiger partial charge in [0, 0.05) is 17.4 Å². The summed E-state index contributed by atoms with van der Waals surface area (Å²) >= 11 is 0. The average molecular weight is 257 g/mol. The van der Waals surface area contributed by atoms with Crippen molar-refractivity contribution in [1.29, 1.82) is 0 Å². The standard InChI is InChI=1S/C11H10F3N3O/c12-11(13,14)9-5-7(1-2-10(9)15)16-6-8-3-4-18-17-8/h1-5,16H,6,15H2. The Morgan fingerprint density at radius 3 is 2.67 bits per heavy atom. The molecule has 0 saturated heterocycles. The molecule has 1 heterocycles. The predicted molar refractivity (Wildman–Crippen MR) is 59.7 cm³/mol. The summed E-state index contributed by atoms with van der Waals surface area (Å²) in [5.74, 6) is 0. The van der Waals surface area contributed by atoms with Crippen molar-refractivity contribution in [3.05, 3.63) is 41.8 Å². The Balaban J connectivity index is 2.15. The minimum absolute atomic E-state index is 0.276. The summed E-state index contributed by atoms with van der Waals surface area (Å²) in [6, 6.07) is 5.28. The Morgan fingerprint density at radius 1 is 1.28 bits per heavy atom. The van der Waals surface area contributed by atoms with Gasteiger partial charge in [0.05, 0.1) is 12.1 Å². The zero-order valence-electron chi connectivity index (χ0n) is 9.16. The smallest absolute Gasteiger partial charge is 0.398 e. The van der Waals surface area contributed by atoms with Gasteiger partial charge in [0.15, 0.2) is 0 Å². The third-order valence-electron chi connectivity index (χ3n) is 2.32. The SMILES string of the molecule is Nc1ccc(NCc2ccon2)cc1C(F)(F)F. The lowest BCUT2D eigenvalue weighted by Crippen LogP contribution is -2.10. The molecular formula is C11H10F3N3O. The molecule has 0 atom stereocenters. The number of nitrogen functional groups attached to an aromatic ring is 1. The summed E-state index contributed by atoms with van der Waals surface area (Å²) in [4.78, 5) is 0. The molecule has 18 heavy (non-hydrogen) atoms. The van der Waals surface area contributed by atoms with E-state index < -0.39 is 11.7 Å². The van der Waals surface area contributed by atoms with Crippen LogP contribution >= 0.6 is 0 Å². The first kappa shape index (κ1) is 12.3.